The zero-order chi connectivity index (χ0) is 23.1. The second-order valence-corrected chi connectivity index (χ2v) is 8.97. The fraction of sp³-hybridized carbons (Fsp3) is 0.364. The van der Waals surface area contributed by atoms with Gasteiger partial charge in [0.15, 0.2) is 6.10 Å². The van der Waals surface area contributed by atoms with Gasteiger partial charge in [0, 0.05) is 18.8 Å². The summed E-state index contributed by atoms with van der Waals surface area (Å²) in [6, 6.07) is 12.3. The molecule has 0 aromatic heterocycles. The first kappa shape index (κ1) is 23.7. The van der Waals surface area contributed by atoms with Crippen molar-refractivity contribution < 1.29 is 32.2 Å². The van der Waals surface area contributed by atoms with Crippen molar-refractivity contribution in [3.63, 3.8) is 0 Å². The molecule has 2 aromatic carbocycles. The molecule has 1 unspecified atom stereocenters. The van der Waals surface area contributed by atoms with Crippen LogP contribution in [0.25, 0.3) is 0 Å². The first-order valence-electron chi connectivity index (χ1n) is 10.2. The van der Waals surface area contributed by atoms with E-state index < -0.39 is 28.0 Å². The summed E-state index contributed by atoms with van der Waals surface area (Å²) in [6.07, 6.45) is -1.05. The highest BCUT2D eigenvalue weighted by molar-refractivity contribution is 7.89. The van der Waals surface area contributed by atoms with Crippen LogP contribution in [0.4, 0.5) is 5.69 Å². The number of hydrogen-bond acceptors (Lipinski definition) is 7. The Morgan fingerprint density at radius 2 is 1.69 bits per heavy atom. The van der Waals surface area contributed by atoms with Crippen molar-refractivity contribution in [2.75, 3.05) is 38.2 Å². The predicted octanol–water partition coefficient (Wildman–Crippen LogP) is 2.29. The number of carbonyl (C=O) groups excluding carboxylic acids is 2. The minimum Gasteiger partial charge on any atom is -0.494 e. The molecule has 1 fully saturated rings. The summed E-state index contributed by atoms with van der Waals surface area (Å²) in [6.45, 7) is 5.16. The second kappa shape index (κ2) is 10.6. The number of ether oxygens (including phenoxy) is 3. The minimum atomic E-state index is -3.61. The van der Waals surface area contributed by atoms with Crippen LogP contribution in [0.3, 0.4) is 0 Å². The molecule has 3 rings (SSSR count). The van der Waals surface area contributed by atoms with Crippen LogP contribution in [-0.4, -0.2) is 63.6 Å². The lowest BCUT2D eigenvalue weighted by Gasteiger charge is -2.26. The zero-order valence-corrected chi connectivity index (χ0v) is 18.8. The van der Waals surface area contributed by atoms with Gasteiger partial charge in [0.05, 0.1) is 30.3 Å². The molecule has 1 atom stereocenters. The molecule has 0 spiro atoms. The van der Waals surface area contributed by atoms with Crippen molar-refractivity contribution in [1.29, 1.82) is 0 Å². The minimum absolute atomic E-state index is 0.132. The highest BCUT2D eigenvalue weighted by atomic mass is 32.2. The Bertz CT molecular complexity index is 1030. The largest absolute Gasteiger partial charge is 0.494 e. The molecule has 1 aliphatic rings. The van der Waals surface area contributed by atoms with E-state index in [-0.39, 0.29) is 4.90 Å². The molecule has 0 bridgehead atoms. The van der Waals surface area contributed by atoms with E-state index >= 15 is 0 Å². The molecule has 0 aliphatic carbocycles. The SMILES string of the molecule is CCOc1ccc(C(=O)OC(C)C(=O)Nc2ccc(S(=O)(=O)N3CCOCC3)cc2)cc1. The number of esters is 1. The summed E-state index contributed by atoms with van der Waals surface area (Å²) >= 11 is 0. The third kappa shape index (κ3) is 5.84. The Morgan fingerprint density at radius 3 is 2.28 bits per heavy atom. The molecule has 1 amide bonds. The summed E-state index contributed by atoms with van der Waals surface area (Å²) in [7, 11) is -3.61. The third-order valence-electron chi connectivity index (χ3n) is 4.78. The van der Waals surface area contributed by atoms with Gasteiger partial charge in [-0.05, 0) is 62.4 Å². The molecular formula is C22H26N2O7S. The Morgan fingerprint density at radius 1 is 1.06 bits per heavy atom. The number of rotatable bonds is 8. The molecule has 1 saturated heterocycles. The number of carbonyl (C=O) groups is 2. The second-order valence-electron chi connectivity index (χ2n) is 7.04. The summed E-state index contributed by atoms with van der Waals surface area (Å²) in [5.74, 6) is -0.537. The summed E-state index contributed by atoms with van der Waals surface area (Å²) in [4.78, 5) is 24.8. The monoisotopic (exact) mass is 462 g/mol. The van der Waals surface area contributed by atoms with Gasteiger partial charge in [-0.2, -0.15) is 4.31 Å². The van der Waals surface area contributed by atoms with Crippen LogP contribution in [0.1, 0.15) is 24.2 Å². The number of nitrogens with zero attached hydrogens (tertiary/aromatic N) is 1. The molecule has 1 aliphatic heterocycles. The van der Waals surface area contributed by atoms with Crippen LogP contribution < -0.4 is 10.1 Å². The highest BCUT2D eigenvalue weighted by Gasteiger charge is 2.26. The van der Waals surface area contributed by atoms with E-state index in [1.54, 1.807) is 24.3 Å². The lowest BCUT2D eigenvalue weighted by Crippen LogP contribution is -2.40. The lowest BCUT2D eigenvalue weighted by atomic mass is 10.2. The van der Waals surface area contributed by atoms with E-state index in [0.717, 1.165) is 0 Å². The van der Waals surface area contributed by atoms with Gasteiger partial charge < -0.3 is 19.5 Å². The van der Waals surface area contributed by atoms with Gasteiger partial charge in [0.25, 0.3) is 5.91 Å². The summed E-state index contributed by atoms with van der Waals surface area (Å²) in [5.41, 5.74) is 0.686. The number of nitrogens with one attached hydrogen (secondary N) is 1. The molecule has 9 nitrogen and oxygen atoms in total. The van der Waals surface area contributed by atoms with Gasteiger partial charge in [-0.1, -0.05) is 0 Å². The van der Waals surface area contributed by atoms with E-state index in [9.17, 15) is 18.0 Å². The van der Waals surface area contributed by atoms with Crippen LogP contribution in [0, 0.1) is 0 Å². The summed E-state index contributed by atoms with van der Waals surface area (Å²) < 4.78 is 42.4. The fourth-order valence-electron chi connectivity index (χ4n) is 3.03. The summed E-state index contributed by atoms with van der Waals surface area (Å²) in [5, 5.41) is 2.62. The number of amides is 1. The Balaban J connectivity index is 1.57. The average molecular weight is 463 g/mol. The highest BCUT2D eigenvalue weighted by Crippen LogP contribution is 2.20. The number of hydrogen-bond donors (Lipinski definition) is 1. The maximum absolute atomic E-state index is 12.7. The first-order valence-corrected chi connectivity index (χ1v) is 11.7. The van der Waals surface area contributed by atoms with E-state index in [2.05, 4.69) is 5.32 Å². The number of anilines is 1. The van der Waals surface area contributed by atoms with Gasteiger partial charge >= 0.3 is 5.97 Å². The molecule has 1 N–H and O–H groups in total. The Kier molecular flexibility index (Phi) is 7.84. The van der Waals surface area contributed by atoms with Crippen molar-refractivity contribution in [2.45, 2.75) is 24.8 Å². The van der Waals surface area contributed by atoms with Crippen molar-refractivity contribution in [1.82, 2.24) is 4.31 Å². The average Bonchev–Trinajstić information content (AvgIpc) is 2.80. The van der Waals surface area contributed by atoms with Crippen LogP contribution >= 0.6 is 0 Å². The quantitative estimate of drug-likeness (QED) is 0.599. The zero-order valence-electron chi connectivity index (χ0n) is 17.9. The Hall–Kier alpha value is -2.95. The maximum atomic E-state index is 12.7. The molecule has 0 saturated carbocycles. The van der Waals surface area contributed by atoms with Crippen LogP contribution in [0.5, 0.6) is 5.75 Å². The molecule has 10 heteroatoms. The van der Waals surface area contributed by atoms with Crippen LogP contribution in [0.15, 0.2) is 53.4 Å². The van der Waals surface area contributed by atoms with Gasteiger partial charge in [-0.3, -0.25) is 4.79 Å². The van der Waals surface area contributed by atoms with Crippen molar-refractivity contribution in [3.8, 4) is 5.75 Å². The topological polar surface area (TPSA) is 111 Å². The molecular weight excluding hydrogens is 436 g/mol. The molecule has 2 aromatic rings. The lowest BCUT2D eigenvalue weighted by molar-refractivity contribution is -0.123. The van der Waals surface area contributed by atoms with E-state index in [0.29, 0.717) is 49.9 Å². The van der Waals surface area contributed by atoms with Gasteiger partial charge in [0.2, 0.25) is 10.0 Å². The number of sulfonamides is 1. The van der Waals surface area contributed by atoms with Crippen LogP contribution in [-0.2, 0) is 24.3 Å². The van der Waals surface area contributed by atoms with E-state index in [4.69, 9.17) is 14.2 Å². The van der Waals surface area contributed by atoms with Crippen molar-refractivity contribution in [3.05, 3.63) is 54.1 Å². The molecule has 32 heavy (non-hydrogen) atoms. The van der Waals surface area contributed by atoms with Gasteiger partial charge in [-0.25, -0.2) is 13.2 Å². The molecule has 0 radical (unpaired) electrons. The third-order valence-corrected chi connectivity index (χ3v) is 6.70. The van der Waals surface area contributed by atoms with E-state index in [1.807, 2.05) is 6.92 Å². The predicted molar refractivity (Wildman–Crippen MR) is 117 cm³/mol. The van der Waals surface area contributed by atoms with Crippen molar-refractivity contribution in [2.24, 2.45) is 0 Å². The maximum Gasteiger partial charge on any atom is 0.338 e. The normalized spacial score (nSPS) is 15.6. The first-order chi connectivity index (χ1) is 15.3. The van der Waals surface area contributed by atoms with E-state index in [1.165, 1.54) is 35.5 Å². The number of benzene rings is 2. The number of morpholine rings is 1. The standard InChI is InChI=1S/C22H26N2O7S/c1-3-30-19-8-4-17(5-9-19)22(26)31-16(2)21(25)23-18-6-10-20(11-7-18)32(27,28)24-12-14-29-15-13-24/h4-11,16H,3,12-15H2,1-2H3,(H,23,25). The van der Waals surface area contributed by atoms with Crippen molar-refractivity contribution >= 4 is 27.6 Å². The molecule has 1 heterocycles. The molecule has 172 valence electrons. The van der Waals surface area contributed by atoms with Crippen LogP contribution in [0.2, 0.25) is 0 Å². The smallest absolute Gasteiger partial charge is 0.338 e. The Labute approximate surface area is 187 Å². The van der Waals surface area contributed by atoms with Gasteiger partial charge in [0.1, 0.15) is 5.75 Å². The fourth-order valence-corrected chi connectivity index (χ4v) is 4.43. The van der Waals surface area contributed by atoms with Gasteiger partial charge in [-0.15, -0.1) is 0 Å².